The summed E-state index contributed by atoms with van der Waals surface area (Å²) in [6.07, 6.45) is 0. The maximum atomic E-state index is 12.9. The van der Waals surface area contributed by atoms with Gasteiger partial charge in [-0.3, -0.25) is 14.4 Å². The van der Waals surface area contributed by atoms with Crippen molar-refractivity contribution in [2.24, 2.45) is 0 Å². The molecular weight excluding hydrogens is 432 g/mol. The molecule has 2 heterocycles. The third-order valence-corrected chi connectivity index (χ3v) is 6.16. The number of ketones is 1. The number of rotatable bonds is 8. The number of carbonyl (C=O) groups excluding carboxylic acids is 2. The molecule has 2 aromatic carbocycles. The smallest absolute Gasteiger partial charge is 0.326 e. The second kappa shape index (κ2) is 9.65. The van der Waals surface area contributed by atoms with Gasteiger partial charge in [0, 0.05) is 34.8 Å². The van der Waals surface area contributed by atoms with Crippen LogP contribution in [0.25, 0.3) is 21.8 Å². The second-order valence-corrected chi connectivity index (χ2v) is 8.49. The quantitative estimate of drug-likeness (QED) is 0.224. The number of nitrogens with zero attached hydrogens (tertiary/aromatic N) is 2. The van der Waals surface area contributed by atoms with Crippen molar-refractivity contribution in [2.75, 3.05) is 20.3 Å². The number of Topliss-reactive ketones (excluding diaryl/α,β-unsaturated/α-hetero) is 1. The number of carbonyl (C=O) groups is 2. The van der Waals surface area contributed by atoms with Crippen molar-refractivity contribution in [1.82, 2.24) is 9.13 Å². The number of hydrogen-bond acceptors (Lipinski definition) is 5. The van der Waals surface area contributed by atoms with Gasteiger partial charge >= 0.3 is 5.97 Å². The van der Waals surface area contributed by atoms with Gasteiger partial charge in [0.1, 0.15) is 6.54 Å². The Bertz CT molecular complexity index is 1390. The molecular formula is C27H28N2O5. The molecule has 0 spiro atoms. The Morgan fingerprint density at radius 2 is 1.56 bits per heavy atom. The van der Waals surface area contributed by atoms with Crippen LogP contribution in [0.15, 0.2) is 59.4 Å². The zero-order valence-corrected chi connectivity index (χ0v) is 19.8. The van der Waals surface area contributed by atoms with Crippen molar-refractivity contribution in [3.8, 4) is 0 Å². The van der Waals surface area contributed by atoms with Crippen LogP contribution in [-0.2, 0) is 20.8 Å². The van der Waals surface area contributed by atoms with Crippen LogP contribution in [0, 0.1) is 13.8 Å². The molecule has 0 aliphatic carbocycles. The molecule has 0 radical (unpaired) electrons. The van der Waals surface area contributed by atoms with Gasteiger partial charge in [-0.05, 0) is 51.1 Å². The van der Waals surface area contributed by atoms with Crippen LogP contribution >= 0.6 is 0 Å². The van der Waals surface area contributed by atoms with Gasteiger partial charge in [-0.25, -0.2) is 0 Å². The molecule has 0 N–H and O–H groups in total. The van der Waals surface area contributed by atoms with E-state index in [1.54, 1.807) is 48.1 Å². The molecule has 1 unspecified atom stereocenters. The molecule has 0 amide bonds. The Morgan fingerprint density at radius 3 is 2.15 bits per heavy atom. The lowest BCUT2D eigenvalue weighted by atomic mass is 10.1. The van der Waals surface area contributed by atoms with Gasteiger partial charge in [0.25, 0.3) is 0 Å². The normalized spacial score (nSPS) is 12.2. The highest BCUT2D eigenvalue weighted by atomic mass is 16.5. The molecule has 0 saturated heterocycles. The van der Waals surface area contributed by atoms with Crippen LogP contribution in [0.2, 0.25) is 0 Å². The van der Waals surface area contributed by atoms with E-state index < -0.39 is 5.97 Å². The van der Waals surface area contributed by atoms with Gasteiger partial charge < -0.3 is 18.6 Å². The number of fused-ring (bicyclic) bond motifs is 2. The molecule has 0 aliphatic rings. The summed E-state index contributed by atoms with van der Waals surface area (Å²) < 4.78 is 14.4. The molecule has 1 atom stereocenters. The average Bonchev–Trinajstić information content (AvgIpc) is 3.14. The van der Waals surface area contributed by atoms with Crippen molar-refractivity contribution >= 4 is 33.6 Å². The summed E-state index contributed by atoms with van der Waals surface area (Å²) in [6.45, 7) is 5.91. The molecule has 0 fully saturated rings. The van der Waals surface area contributed by atoms with Crippen LogP contribution in [0.4, 0.5) is 0 Å². The molecule has 34 heavy (non-hydrogen) atoms. The summed E-state index contributed by atoms with van der Waals surface area (Å²) in [5.74, 6) is -0.805. The second-order valence-electron chi connectivity index (χ2n) is 8.49. The third kappa shape index (κ3) is 4.26. The topological polar surface area (TPSA) is 79.5 Å². The monoisotopic (exact) mass is 460 g/mol. The first kappa shape index (κ1) is 23.4. The highest BCUT2D eigenvalue weighted by Gasteiger charge is 2.20. The summed E-state index contributed by atoms with van der Waals surface area (Å²) in [5, 5.41) is 1.06. The van der Waals surface area contributed by atoms with Crippen LogP contribution < -0.4 is 5.43 Å². The van der Waals surface area contributed by atoms with E-state index in [0.717, 1.165) is 11.4 Å². The van der Waals surface area contributed by atoms with Gasteiger partial charge in [0.15, 0.2) is 12.0 Å². The van der Waals surface area contributed by atoms with Gasteiger partial charge in [0.2, 0.25) is 5.78 Å². The van der Waals surface area contributed by atoms with E-state index in [1.807, 2.05) is 39.0 Å². The summed E-state index contributed by atoms with van der Waals surface area (Å²) in [5.41, 5.74) is 3.51. The first-order valence-corrected chi connectivity index (χ1v) is 11.2. The standard InChI is InChI=1S/C27H28N2O5/c1-17-13-22(19(3)29(17)18(2)15-33-4)25(30)16-34-26(31)14-28-23-11-7-5-9-20(23)27(32)21-10-6-8-12-24(21)28/h5-13,18H,14-16H2,1-4H3. The van der Waals surface area contributed by atoms with E-state index in [9.17, 15) is 14.4 Å². The fraction of sp³-hybridized carbons (Fsp3) is 0.296. The van der Waals surface area contributed by atoms with Crippen LogP contribution in [-0.4, -0.2) is 41.2 Å². The largest absolute Gasteiger partial charge is 0.456 e. The number of aryl methyl sites for hydroxylation is 1. The zero-order valence-electron chi connectivity index (χ0n) is 19.8. The molecule has 0 bridgehead atoms. The lowest BCUT2D eigenvalue weighted by Gasteiger charge is -2.17. The summed E-state index contributed by atoms with van der Waals surface area (Å²) in [7, 11) is 1.64. The molecule has 176 valence electrons. The highest BCUT2D eigenvalue weighted by Crippen LogP contribution is 2.22. The van der Waals surface area contributed by atoms with Crippen LogP contribution in [0.1, 0.15) is 34.7 Å². The first-order chi connectivity index (χ1) is 16.3. The van der Waals surface area contributed by atoms with Crippen molar-refractivity contribution < 1.29 is 19.1 Å². The number of aromatic nitrogens is 2. The van der Waals surface area contributed by atoms with Gasteiger partial charge in [-0.15, -0.1) is 0 Å². The zero-order chi connectivity index (χ0) is 24.4. The molecule has 7 heteroatoms. The van der Waals surface area contributed by atoms with Gasteiger partial charge in [0.05, 0.1) is 23.7 Å². The number of ether oxygens (including phenoxy) is 2. The van der Waals surface area contributed by atoms with Gasteiger partial charge in [-0.2, -0.15) is 0 Å². The minimum Gasteiger partial charge on any atom is -0.456 e. The summed E-state index contributed by atoms with van der Waals surface area (Å²) >= 11 is 0. The fourth-order valence-electron chi connectivity index (χ4n) is 4.70. The number of para-hydroxylation sites is 2. The minimum absolute atomic E-state index is 0.0796. The van der Waals surface area contributed by atoms with Gasteiger partial charge in [-0.1, -0.05) is 24.3 Å². The van der Waals surface area contributed by atoms with Crippen molar-refractivity contribution in [2.45, 2.75) is 33.4 Å². The fourth-order valence-corrected chi connectivity index (χ4v) is 4.70. The predicted octanol–water partition coefficient (Wildman–Crippen LogP) is 4.21. The van der Waals surface area contributed by atoms with Crippen molar-refractivity contribution in [1.29, 1.82) is 0 Å². The number of benzene rings is 2. The average molecular weight is 461 g/mol. The van der Waals surface area contributed by atoms with Crippen molar-refractivity contribution in [3.63, 3.8) is 0 Å². The maximum Gasteiger partial charge on any atom is 0.326 e. The molecule has 2 aromatic heterocycles. The van der Waals surface area contributed by atoms with E-state index in [1.165, 1.54) is 0 Å². The predicted molar refractivity (Wildman–Crippen MR) is 131 cm³/mol. The minimum atomic E-state index is -0.547. The molecule has 4 aromatic rings. The lowest BCUT2D eigenvalue weighted by molar-refractivity contribution is -0.143. The Labute approximate surface area is 197 Å². The van der Waals surface area contributed by atoms with E-state index in [0.29, 0.717) is 34.0 Å². The number of methoxy groups -OCH3 is 1. The van der Waals surface area contributed by atoms with E-state index in [4.69, 9.17) is 9.47 Å². The SMILES string of the molecule is COCC(C)n1c(C)cc(C(=O)COC(=O)Cn2c3ccccc3c(=O)c3ccccc32)c1C. The first-order valence-electron chi connectivity index (χ1n) is 11.2. The Kier molecular flexibility index (Phi) is 6.65. The highest BCUT2D eigenvalue weighted by molar-refractivity contribution is 5.99. The van der Waals surface area contributed by atoms with Crippen LogP contribution in [0.3, 0.4) is 0 Å². The van der Waals surface area contributed by atoms with Crippen LogP contribution in [0.5, 0.6) is 0 Å². The maximum absolute atomic E-state index is 12.9. The van der Waals surface area contributed by atoms with E-state index in [2.05, 4.69) is 4.57 Å². The molecule has 4 rings (SSSR count). The third-order valence-electron chi connectivity index (χ3n) is 6.16. The molecule has 7 nitrogen and oxygen atoms in total. The Balaban J connectivity index is 1.56. The van der Waals surface area contributed by atoms with E-state index in [-0.39, 0.29) is 30.4 Å². The number of esters is 1. The number of pyridine rings is 1. The number of hydrogen-bond donors (Lipinski definition) is 0. The van der Waals surface area contributed by atoms with E-state index >= 15 is 0 Å². The summed E-state index contributed by atoms with van der Waals surface area (Å²) in [6, 6.07) is 16.2. The lowest BCUT2D eigenvalue weighted by Crippen LogP contribution is -2.21. The molecule has 0 aliphatic heterocycles. The van der Waals surface area contributed by atoms with Crippen molar-refractivity contribution in [3.05, 3.63) is 81.8 Å². The Hall–Kier alpha value is -3.71. The summed E-state index contributed by atoms with van der Waals surface area (Å²) in [4.78, 5) is 38.5. The Morgan fingerprint density at radius 1 is 0.971 bits per heavy atom. The molecule has 0 saturated carbocycles.